The summed E-state index contributed by atoms with van der Waals surface area (Å²) in [6.45, 7) is 2.07. The third-order valence-corrected chi connectivity index (χ3v) is 6.57. The number of fused-ring (bicyclic) bond motifs is 2. The van der Waals surface area contributed by atoms with E-state index in [-0.39, 0.29) is 31.2 Å². The van der Waals surface area contributed by atoms with Gasteiger partial charge in [-0.25, -0.2) is 0 Å². The largest absolute Gasteiger partial charge is 0.293 e. The van der Waals surface area contributed by atoms with Gasteiger partial charge in [-0.1, -0.05) is 65.5 Å². The Morgan fingerprint density at radius 1 is 0.852 bits per heavy atom. The number of halogens is 4. The van der Waals surface area contributed by atoms with Crippen LogP contribution in [0.15, 0.2) is 30.3 Å². The number of carbonyl (C=O) groups is 2. The molecule has 0 aliphatic heterocycles. The van der Waals surface area contributed by atoms with Crippen molar-refractivity contribution in [2.45, 2.75) is 19.3 Å². The third-order valence-electron chi connectivity index (χ3n) is 4.76. The van der Waals surface area contributed by atoms with Crippen LogP contribution in [-0.2, 0) is 6.42 Å². The molecule has 0 atom stereocenters. The summed E-state index contributed by atoms with van der Waals surface area (Å²) in [5, 5.41) is 0.742. The van der Waals surface area contributed by atoms with Crippen LogP contribution in [0, 0.1) is 0 Å². The first-order valence-electron chi connectivity index (χ1n) is 8.19. The van der Waals surface area contributed by atoms with Crippen LogP contribution in [0.2, 0.25) is 20.1 Å². The third kappa shape index (κ3) is 2.76. The van der Waals surface area contributed by atoms with Gasteiger partial charge in [0.15, 0.2) is 11.6 Å². The Morgan fingerprint density at radius 3 is 2.00 bits per heavy atom. The number of hydrogen-bond acceptors (Lipinski definition) is 3. The number of benzene rings is 2. The van der Waals surface area contributed by atoms with E-state index >= 15 is 0 Å². The normalized spacial score (nSPS) is 14.3. The quantitative estimate of drug-likeness (QED) is 0.258. The molecule has 1 aromatic heterocycles. The van der Waals surface area contributed by atoms with Gasteiger partial charge in [-0.3, -0.25) is 14.6 Å². The Bertz CT molecular complexity index is 1110. The first-order chi connectivity index (χ1) is 12.8. The number of aromatic nitrogens is 1. The molecular weight excluding hydrogens is 428 g/mol. The zero-order valence-corrected chi connectivity index (χ0v) is 17.0. The first-order valence-corrected chi connectivity index (χ1v) is 9.70. The zero-order valence-electron chi connectivity index (χ0n) is 13.9. The topological polar surface area (TPSA) is 47.0 Å². The van der Waals surface area contributed by atoms with Crippen LogP contribution in [0.4, 0.5) is 0 Å². The van der Waals surface area contributed by atoms with Crippen molar-refractivity contribution in [1.82, 2.24) is 4.98 Å². The Hall–Kier alpha value is -1.65. The minimum Gasteiger partial charge on any atom is -0.293 e. The van der Waals surface area contributed by atoms with Crippen LogP contribution in [0.5, 0.6) is 0 Å². The monoisotopic (exact) mass is 437 g/mol. The van der Waals surface area contributed by atoms with Crippen molar-refractivity contribution in [2.24, 2.45) is 0 Å². The van der Waals surface area contributed by atoms with Crippen molar-refractivity contribution < 1.29 is 9.59 Å². The molecule has 0 saturated heterocycles. The number of Topliss-reactive ketones (excluding diaryl/α,β-unsaturated/α-hetero) is 2. The van der Waals surface area contributed by atoms with Crippen molar-refractivity contribution in [3.8, 4) is 0 Å². The van der Waals surface area contributed by atoms with Crippen molar-refractivity contribution in [3.63, 3.8) is 0 Å². The summed E-state index contributed by atoms with van der Waals surface area (Å²) in [6, 6.07) is 9.41. The van der Waals surface area contributed by atoms with E-state index in [0.717, 1.165) is 11.8 Å². The highest BCUT2D eigenvalue weighted by Gasteiger charge is 2.45. The minimum atomic E-state index is -1.11. The molecule has 2 aromatic carbocycles. The molecule has 1 aliphatic carbocycles. The molecule has 136 valence electrons. The van der Waals surface area contributed by atoms with E-state index in [4.69, 9.17) is 46.4 Å². The van der Waals surface area contributed by atoms with E-state index in [1.807, 2.05) is 24.3 Å². The van der Waals surface area contributed by atoms with Gasteiger partial charge >= 0.3 is 0 Å². The predicted molar refractivity (Wildman–Crippen MR) is 109 cm³/mol. The highest BCUT2D eigenvalue weighted by atomic mass is 35.5. The molecule has 1 heterocycles. The number of ketones is 2. The molecular formula is C20H11Cl4NO2. The van der Waals surface area contributed by atoms with Crippen LogP contribution in [0.3, 0.4) is 0 Å². The number of hydrogen-bond donors (Lipinski definition) is 0. The van der Waals surface area contributed by atoms with E-state index < -0.39 is 17.5 Å². The average Bonchev–Trinajstić information content (AvgIpc) is 2.94. The molecule has 3 nitrogen and oxygen atoms in total. The number of pyridine rings is 1. The first kappa shape index (κ1) is 18.7. The molecule has 0 unspecified atom stereocenters. The van der Waals surface area contributed by atoms with Crippen molar-refractivity contribution in [1.29, 1.82) is 0 Å². The average molecular weight is 439 g/mol. The number of nitrogens with zero attached hydrogens (tertiary/aromatic N) is 1. The highest BCUT2D eigenvalue weighted by molar-refractivity contribution is 6.55. The summed E-state index contributed by atoms with van der Waals surface area (Å²) in [7, 11) is 0. The minimum absolute atomic E-state index is 0.00861. The van der Waals surface area contributed by atoms with Gasteiger partial charge in [0.1, 0.15) is 5.92 Å². The van der Waals surface area contributed by atoms with E-state index in [9.17, 15) is 9.59 Å². The maximum absolute atomic E-state index is 13.0. The Balaban J connectivity index is 1.87. The summed E-state index contributed by atoms with van der Waals surface area (Å²) in [5.74, 6) is -2.06. The summed E-state index contributed by atoms with van der Waals surface area (Å²) >= 11 is 24.5. The Morgan fingerprint density at radius 2 is 1.44 bits per heavy atom. The SMILES string of the molecule is CCc1ccc2nc(C3C(=O)c4c(Cl)c(Cl)c(Cl)c(Cl)c4C3=O)ccc2c1. The molecule has 0 bridgehead atoms. The van der Waals surface area contributed by atoms with E-state index in [0.29, 0.717) is 11.2 Å². The molecule has 0 fully saturated rings. The lowest BCUT2D eigenvalue weighted by Crippen LogP contribution is -2.14. The lowest BCUT2D eigenvalue weighted by atomic mass is 9.98. The van der Waals surface area contributed by atoms with Gasteiger partial charge in [-0.2, -0.15) is 0 Å². The molecule has 3 aromatic rings. The highest BCUT2D eigenvalue weighted by Crippen LogP contribution is 2.47. The summed E-state index contributed by atoms with van der Waals surface area (Å²) in [6.07, 6.45) is 0.908. The molecule has 0 radical (unpaired) electrons. The molecule has 0 N–H and O–H groups in total. The maximum atomic E-state index is 13.0. The van der Waals surface area contributed by atoms with Gasteiger partial charge in [0, 0.05) is 5.39 Å². The second-order valence-corrected chi connectivity index (χ2v) is 7.80. The predicted octanol–water partition coefficient (Wildman–Crippen LogP) is 6.57. The standard InChI is InChI=1S/C20H11Cl4NO2/c1-2-8-3-5-10-9(7-8)4-6-11(25-10)12-19(26)13-14(20(12)27)16(22)18(24)17(23)15(13)21/h3-7,12H,2H2,1H3. The number of rotatable bonds is 2. The molecule has 7 heteroatoms. The lowest BCUT2D eigenvalue weighted by Gasteiger charge is -2.08. The second kappa shape index (κ2) is 6.75. The maximum Gasteiger partial charge on any atom is 0.182 e. The fraction of sp³-hybridized carbons (Fsp3) is 0.150. The van der Waals surface area contributed by atoms with Crippen LogP contribution >= 0.6 is 46.4 Å². The molecule has 0 amide bonds. The molecule has 1 aliphatic rings. The Kier molecular flexibility index (Phi) is 4.68. The molecule has 4 rings (SSSR count). The van der Waals surface area contributed by atoms with E-state index in [1.54, 1.807) is 6.07 Å². The number of aryl methyl sites for hydroxylation is 1. The van der Waals surface area contributed by atoms with Gasteiger partial charge in [0.2, 0.25) is 0 Å². The fourth-order valence-electron chi connectivity index (χ4n) is 3.34. The van der Waals surface area contributed by atoms with Gasteiger partial charge < -0.3 is 0 Å². The van der Waals surface area contributed by atoms with Crippen molar-refractivity contribution >= 4 is 68.9 Å². The summed E-state index contributed by atoms with van der Waals surface area (Å²) in [5.41, 5.74) is 2.25. The van der Waals surface area contributed by atoms with E-state index in [2.05, 4.69) is 11.9 Å². The van der Waals surface area contributed by atoms with Gasteiger partial charge in [-0.05, 0) is 30.2 Å². The molecule has 0 saturated carbocycles. The second-order valence-electron chi connectivity index (χ2n) is 6.28. The Labute approximate surface area is 175 Å². The van der Waals surface area contributed by atoms with Gasteiger partial charge in [0.05, 0.1) is 42.4 Å². The van der Waals surface area contributed by atoms with Crippen molar-refractivity contribution in [2.75, 3.05) is 0 Å². The van der Waals surface area contributed by atoms with Gasteiger partial charge in [-0.15, -0.1) is 0 Å². The van der Waals surface area contributed by atoms with Crippen LogP contribution in [0.25, 0.3) is 10.9 Å². The smallest absolute Gasteiger partial charge is 0.182 e. The summed E-state index contributed by atoms with van der Waals surface area (Å²) in [4.78, 5) is 30.5. The fourth-order valence-corrected chi connectivity index (χ4v) is 4.38. The van der Waals surface area contributed by atoms with Crippen LogP contribution < -0.4 is 0 Å². The van der Waals surface area contributed by atoms with Crippen LogP contribution in [0.1, 0.15) is 44.8 Å². The zero-order chi connectivity index (χ0) is 19.5. The number of carbonyl (C=O) groups excluding carboxylic acids is 2. The molecule has 27 heavy (non-hydrogen) atoms. The van der Waals surface area contributed by atoms with Gasteiger partial charge in [0.25, 0.3) is 0 Å². The van der Waals surface area contributed by atoms with Crippen molar-refractivity contribution in [3.05, 3.63) is 72.8 Å². The van der Waals surface area contributed by atoms with Crippen LogP contribution in [-0.4, -0.2) is 16.6 Å². The van der Waals surface area contributed by atoms with E-state index in [1.165, 1.54) is 5.56 Å². The summed E-state index contributed by atoms with van der Waals surface area (Å²) < 4.78 is 0. The lowest BCUT2D eigenvalue weighted by molar-refractivity contribution is 0.0888. The molecule has 0 spiro atoms.